The summed E-state index contributed by atoms with van der Waals surface area (Å²) >= 11 is 0. The Hall–Kier alpha value is -1.27. The van der Waals surface area contributed by atoms with Gasteiger partial charge in [0.25, 0.3) is 0 Å². The number of benzene rings is 1. The van der Waals surface area contributed by atoms with Crippen LogP contribution in [0.5, 0.6) is 5.75 Å². The zero-order valence-electron chi connectivity index (χ0n) is 8.28. The molecule has 0 radical (unpaired) electrons. The third-order valence-electron chi connectivity index (χ3n) is 2.21. The number of ether oxygens (including phenoxy) is 1. The molecule has 0 bridgehead atoms. The van der Waals surface area contributed by atoms with Crippen LogP contribution in [-0.2, 0) is 10.0 Å². The van der Waals surface area contributed by atoms with Crippen LogP contribution in [0.15, 0.2) is 23.1 Å². The molecule has 1 aliphatic heterocycles. The van der Waals surface area contributed by atoms with Gasteiger partial charge in [-0.2, -0.15) is 0 Å². The first-order valence-electron chi connectivity index (χ1n) is 4.58. The van der Waals surface area contributed by atoms with Crippen molar-refractivity contribution in [3.63, 3.8) is 0 Å². The van der Waals surface area contributed by atoms with Gasteiger partial charge >= 0.3 is 0 Å². The number of fused-ring (bicyclic) bond motifs is 1. The lowest BCUT2D eigenvalue weighted by atomic mass is 10.2. The molecule has 0 spiro atoms. The fourth-order valence-electron chi connectivity index (χ4n) is 1.40. The van der Waals surface area contributed by atoms with Gasteiger partial charge in [0.15, 0.2) is 0 Å². The van der Waals surface area contributed by atoms with Crippen LogP contribution in [0.25, 0.3) is 0 Å². The predicted molar refractivity (Wildman–Crippen MR) is 56.7 cm³/mol. The van der Waals surface area contributed by atoms with Gasteiger partial charge in [0.1, 0.15) is 12.4 Å². The van der Waals surface area contributed by atoms with E-state index in [-0.39, 0.29) is 4.90 Å². The average Bonchev–Trinajstić information content (AvgIpc) is 2.28. The lowest BCUT2D eigenvalue weighted by Gasteiger charge is -2.19. The molecule has 1 aliphatic rings. The van der Waals surface area contributed by atoms with Gasteiger partial charge in [-0.25, -0.2) is 13.1 Å². The number of sulfonamides is 1. The Morgan fingerprint density at radius 2 is 2.27 bits per heavy atom. The Morgan fingerprint density at radius 1 is 1.47 bits per heavy atom. The third kappa shape index (κ3) is 1.91. The molecule has 0 aromatic heterocycles. The van der Waals surface area contributed by atoms with E-state index < -0.39 is 10.0 Å². The standard InChI is InChI=1S/C9H12N2O3S/c1-10-15(12,13)7-2-3-9-8(6-7)11-4-5-14-9/h2-3,6,10-11H,4-5H2,1H3. The van der Waals surface area contributed by atoms with Gasteiger partial charge in [0, 0.05) is 6.54 Å². The minimum atomic E-state index is -3.38. The third-order valence-corrected chi connectivity index (χ3v) is 3.62. The van der Waals surface area contributed by atoms with E-state index in [2.05, 4.69) is 10.0 Å². The Morgan fingerprint density at radius 3 is 3.00 bits per heavy atom. The van der Waals surface area contributed by atoms with Crippen LogP contribution in [0.3, 0.4) is 0 Å². The molecule has 0 aliphatic carbocycles. The molecule has 1 aromatic carbocycles. The van der Waals surface area contributed by atoms with Crippen LogP contribution < -0.4 is 14.8 Å². The summed E-state index contributed by atoms with van der Waals surface area (Å²) in [7, 11) is -1.99. The highest BCUT2D eigenvalue weighted by atomic mass is 32.2. The van der Waals surface area contributed by atoms with Gasteiger partial charge in [0.2, 0.25) is 10.0 Å². The number of hydrogen-bond acceptors (Lipinski definition) is 4. The summed E-state index contributed by atoms with van der Waals surface area (Å²) in [5.41, 5.74) is 0.720. The maximum absolute atomic E-state index is 11.5. The van der Waals surface area contributed by atoms with Crippen molar-refractivity contribution in [1.82, 2.24) is 4.72 Å². The first kappa shape index (κ1) is 10.3. The van der Waals surface area contributed by atoms with Crippen LogP contribution in [0.1, 0.15) is 0 Å². The van der Waals surface area contributed by atoms with Gasteiger partial charge in [-0.05, 0) is 25.2 Å². The minimum Gasteiger partial charge on any atom is -0.490 e. The van der Waals surface area contributed by atoms with Gasteiger partial charge in [-0.15, -0.1) is 0 Å². The maximum Gasteiger partial charge on any atom is 0.240 e. The molecule has 0 amide bonds. The summed E-state index contributed by atoms with van der Waals surface area (Å²) < 4.78 is 30.6. The first-order chi connectivity index (χ1) is 7.13. The number of hydrogen-bond donors (Lipinski definition) is 2. The van der Waals surface area contributed by atoms with Crippen molar-refractivity contribution >= 4 is 15.7 Å². The van der Waals surface area contributed by atoms with E-state index in [9.17, 15) is 8.42 Å². The van der Waals surface area contributed by atoms with Crippen molar-refractivity contribution in [2.75, 3.05) is 25.5 Å². The molecule has 0 fully saturated rings. The molecule has 1 aromatic rings. The highest BCUT2D eigenvalue weighted by Gasteiger charge is 2.16. The van der Waals surface area contributed by atoms with E-state index in [1.807, 2.05) is 0 Å². The molecular weight excluding hydrogens is 216 g/mol. The zero-order chi connectivity index (χ0) is 10.9. The fraction of sp³-hybridized carbons (Fsp3) is 0.333. The minimum absolute atomic E-state index is 0.238. The van der Waals surface area contributed by atoms with Crippen LogP contribution in [0.2, 0.25) is 0 Å². The molecule has 0 saturated carbocycles. The largest absolute Gasteiger partial charge is 0.490 e. The van der Waals surface area contributed by atoms with Gasteiger partial charge in [-0.1, -0.05) is 0 Å². The Bertz CT molecular complexity index is 470. The summed E-state index contributed by atoms with van der Waals surface area (Å²) in [5, 5.41) is 3.08. The summed E-state index contributed by atoms with van der Waals surface area (Å²) in [4.78, 5) is 0.238. The van der Waals surface area contributed by atoms with Crippen molar-refractivity contribution < 1.29 is 13.2 Å². The van der Waals surface area contributed by atoms with Crippen molar-refractivity contribution in [2.45, 2.75) is 4.90 Å². The highest BCUT2D eigenvalue weighted by molar-refractivity contribution is 7.89. The van der Waals surface area contributed by atoms with Gasteiger partial charge < -0.3 is 10.1 Å². The molecule has 0 unspecified atom stereocenters. The molecule has 2 rings (SSSR count). The number of nitrogens with one attached hydrogen (secondary N) is 2. The molecular formula is C9H12N2O3S. The predicted octanol–water partition coefficient (Wildman–Crippen LogP) is 0.399. The summed E-state index contributed by atoms with van der Waals surface area (Å²) in [6.45, 7) is 1.29. The summed E-state index contributed by atoms with van der Waals surface area (Å²) in [5.74, 6) is 0.691. The topological polar surface area (TPSA) is 67.4 Å². The Balaban J connectivity index is 2.45. The van der Waals surface area contributed by atoms with Crippen LogP contribution in [0.4, 0.5) is 5.69 Å². The quantitative estimate of drug-likeness (QED) is 0.769. The van der Waals surface area contributed by atoms with Crippen LogP contribution in [-0.4, -0.2) is 28.6 Å². The monoisotopic (exact) mass is 228 g/mol. The normalized spacial score (nSPS) is 15.0. The molecule has 0 saturated heterocycles. The van der Waals surface area contributed by atoms with E-state index in [0.717, 1.165) is 5.69 Å². The van der Waals surface area contributed by atoms with E-state index in [0.29, 0.717) is 18.9 Å². The second-order valence-electron chi connectivity index (χ2n) is 3.14. The molecule has 5 nitrogen and oxygen atoms in total. The second kappa shape index (κ2) is 3.71. The number of rotatable bonds is 2. The molecule has 2 N–H and O–H groups in total. The fourth-order valence-corrected chi connectivity index (χ4v) is 2.16. The molecule has 15 heavy (non-hydrogen) atoms. The van der Waals surface area contributed by atoms with Crippen molar-refractivity contribution in [3.05, 3.63) is 18.2 Å². The van der Waals surface area contributed by atoms with Crippen molar-refractivity contribution in [3.8, 4) is 5.75 Å². The Kier molecular flexibility index (Phi) is 2.54. The van der Waals surface area contributed by atoms with E-state index in [1.165, 1.54) is 13.1 Å². The van der Waals surface area contributed by atoms with E-state index >= 15 is 0 Å². The van der Waals surface area contributed by atoms with Gasteiger partial charge in [-0.3, -0.25) is 0 Å². The van der Waals surface area contributed by atoms with Crippen LogP contribution in [0, 0.1) is 0 Å². The highest BCUT2D eigenvalue weighted by Crippen LogP contribution is 2.29. The zero-order valence-corrected chi connectivity index (χ0v) is 9.10. The lowest BCUT2D eigenvalue weighted by Crippen LogP contribution is -2.21. The van der Waals surface area contributed by atoms with Crippen LogP contribution >= 0.6 is 0 Å². The molecule has 1 heterocycles. The van der Waals surface area contributed by atoms with Crippen molar-refractivity contribution in [1.29, 1.82) is 0 Å². The Labute approximate surface area is 88.5 Å². The lowest BCUT2D eigenvalue weighted by molar-refractivity contribution is 0.323. The average molecular weight is 228 g/mol. The summed E-state index contributed by atoms with van der Waals surface area (Å²) in [6.07, 6.45) is 0. The number of anilines is 1. The molecule has 82 valence electrons. The summed E-state index contributed by atoms with van der Waals surface area (Å²) in [6, 6.07) is 4.75. The van der Waals surface area contributed by atoms with Crippen molar-refractivity contribution in [2.24, 2.45) is 0 Å². The second-order valence-corrected chi connectivity index (χ2v) is 5.03. The SMILES string of the molecule is CNS(=O)(=O)c1ccc2c(c1)NCCO2. The first-order valence-corrected chi connectivity index (χ1v) is 6.06. The molecule has 0 atom stereocenters. The maximum atomic E-state index is 11.5. The van der Waals surface area contributed by atoms with E-state index in [1.54, 1.807) is 12.1 Å². The molecule has 6 heteroatoms. The smallest absolute Gasteiger partial charge is 0.240 e. The van der Waals surface area contributed by atoms with Gasteiger partial charge in [0.05, 0.1) is 10.6 Å². The van der Waals surface area contributed by atoms with E-state index in [4.69, 9.17) is 4.74 Å².